The van der Waals surface area contributed by atoms with Crippen molar-refractivity contribution in [2.45, 2.75) is 70.4 Å². The van der Waals surface area contributed by atoms with Crippen LogP contribution in [0.3, 0.4) is 0 Å². The van der Waals surface area contributed by atoms with Crippen molar-refractivity contribution in [3.8, 4) is 0 Å². The Bertz CT molecular complexity index is 576. The Balaban J connectivity index is 1.59. The van der Waals surface area contributed by atoms with Gasteiger partial charge in [-0.2, -0.15) is 0 Å². The summed E-state index contributed by atoms with van der Waals surface area (Å²) in [5.74, 6) is -0.216. The van der Waals surface area contributed by atoms with Gasteiger partial charge in [-0.25, -0.2) is 0 Å². The summed E-state index contributed by atoms with van der Waals surface area (Å²) in [5.41, 5.74) is 2.16. The van der Waals surface area contributed by atoms with E-state index in [-0.39, 0.29) is 30.3 Å². The van der Waals surface area contributed by atoms with Crippen molar-refractivity contribution in [2.75, 3.05) is 4.90 Å². The van der Waals surface area contributed by atoms with Crippen molar-refractivity contribution in [2.24, 2.45) is 0 Å². The molecule has 124 valence electrons. The smallest absolute Gasteiger partial charge is 0.236 e. The normalized spacial score (nSPS) is 21.6. The fraction of sp³-hybridized carbons (Fsp3) is 0.579. The number of benzene rings is 1. The van der Waals surface area contributed by atoms with Crippen molar-refractivity contribution >= 4 is 17.5 Å². The molecule has 2 amide bonds. The SMILES string of the molecule is CC1Cc2ccccc2N1C(=O)CC(=O)NC1CCCCCC1. The van der Waals surface area contributed by atoms with Crippen LogP contribution in [0.5, 0.6) is 0 Å². The molecule has 0 aromatic heterocycles. The van der Waals surface area contributed by atoms with E-state index in [1.807, 2.05) is 25.1 Å². The molecule has 1 aliphatic heterocycles. The number of nitrogens with one attached hydrogen (secondary N) is 1. The molecule has 1 heterocycles. The molecular weight excluding hydrogens is 288 g/mol. The number of anilines is 1. The first-order valence-corrected chi connectivity index (χ1v) is 8.84. The van der Waals surface area contributed by atoms with Gasteiger partial charge in [0.15, 0.2) is 0 Å². The van der Waals surface area contributed by atoms with Crippen LogP contribution in [0.2, 0.25) is 0 Å². The molecule has 4 heteroatoms. The van der Waals surface area contributed by atoms with Gasteiger partial charge in [-0.05, 0) is 37.8 Å². The van der Waals surface area contributed by atoms with Gasteiger partial charge in [-0.15, -0.1) is 0 Å². The maximum Gasteiger partial charge on any atom is 0.236 e. The lowest BCUT2D eigenvalue weighted by atomic mass is 10.1. The molecule has 1 N–H and O–H groups in total. The van der Waals surface area contributed by atoms with Crippen LogP contribution in [0.4, 0.5) is 5.69 Å². The van der Waals surface area contributed by atoms with E-state index in [0.29, 0.717) is 0 Å². The maximum absolute atomic E-state index is 12.6. The standard InChI is InChI=1S/C19H26N2O2/c1-14-12-15-8-6-7-11-17(15)21(14)19(23)13-18(22)20-16-9-4-2-3-5-10-16/h6-8,11,14,16H,2-5,9-10,12-13H2,1H3,(H,20,22). The van der Waals surface area contributed by atoms with Crippen LogP contribution in [0.25, 0.3) is 0 Å². The lowest BCUT2D eigenvalue weighted by Crippen LogP contribution is -2.41. The molecule has 1 aliphatic carbocycles. The Labute approximate surface area is 138 Å². The lowest BCUT2D eigenvalue weighted by Gasteiger charge is -2.23. The first-order chi connectivity index (χ1) is 11.1. The highest BCUT2D eigenvalue weighted by molar-refractivity contribution is 6.06. The molecule has 2 aliphatic rings. The molecule has 0 radical (unpaired) electrons. The van der Waals surface area contributed by atoms with Gasteiger partial charge in [-0.1, -0.05) is 43.9 Å². The van der Waals surface area contributed by atoms with Crippen LogP contribution < -0.4 is 10.2 Å². The third-order valence-electron chi connectivity index (χ3n) is 5.01. The molecule has 4 nitrogen and oxygen atoms in total. The van der Waals surface area contributed by atoms with E-state index in [1.165, 1.54) is 31.2 Å². The highest BCUT2D eigenvalue weighted by Crippen LogP contribution is 2.32. The number of nitrogens with zero attached hydrogens (tertiary/aromatic N) is 1. The van der Waals surface area contributed by atoms with Gasteiger partial charge in [-0.3, -0.25) is 9.59 Å². The third kappa shape index (κ3) is 3.74. The number of hydrogen-bond acceptors (Lipinski definition) is 2. The molecule has 0 saturated heterocycles. The highest BCUT2D eigenvalue weighted by atomic mass is 16.2. The lowest BCUT2D eigenvalue weighted by molar-refractivity contribution is -0.128. The monoisotopic (exact) mass is 314 g/mol. The van der Waals surface area contributed by atoms with Gasteiger partial charge in [0, 0.05) is 17.8 Å². The van der Waals surface area contributed by atoms with Crippen molar-refractivity contribution < 1.29 is 9.59 Å². The van der Waals surface area contributed by atoms with E-state index < -0.39 is 0 Å². The van der Waals surface area contributed by atoms with E-state index in [4.69, 9.17) is 0 Å². The quantitative estimate of drug-likeness (QED) is 0.688. The Morgan fingerprint density at radius 1 is 1.13 bits per heavy atom. The van der Waals surface area contributed by atoms with Crippen molar-refractivity contribution in [1.82, 2.24) is 5.32 Å². The summed E-state index contributed by atoms with van der Waals surface area (Å²) in [6.07, 6.45) is 7.78. The molecular formula is C19H26N2O2. The Kier molecular flexibility index (Phi) is 4.99. The number of fused-ring (bicyclic) bond motifs is 1. The minimum atomic E-state index is -0.126. The summed E-state index contributed by atoms with van der Waals surface area (Å²) in [6.45, 7) is 2.04. The van der Waals surface area contributed by atoms with Crippen LogP contribution in [-0.4, -0.2) is 23.9 Å². The largest absolute Gasteiger partial charge is 0.353 e. The van der Waals surface area contributed by atoms with Gasteiger partial charge in [0.1, 0.15) is 6.42 Å². The number of carbonyl (C=O) groups excluding carboxylic acids is 2. The van der Waals surface area contributed by atoms with Crippen LogP contribution in [0.1, 0.15) is 57.4 Å². The van der Waals surface area contributed by atoms with Gasteiger partial charge in [0.05, 0.1) is 0 Å². The first-order valence-electron chi connectivity index (χ1n) is 8.84. The molecule has 23 heavy (non-hydrogen) atoms. The third-order valence-corrected chi connectivity index (χ3v) is 5.01. The van der Waals surface area contributed by atoms with Gasteiger partial charge in [0.25, 0.3) is 0 Å². The average molecular weight is 314 g/mol. The van der Waals surface area contributed by atoms with Gasteiger partial charge < -0.3 is 10.2 Å². The van der Waals surface area contributed by atoms with Crippen molar-refractivity contribution in [3.63, 3.8) is 0 Å². The number of amides is 2. The van der Waals surface area contributed by atoms with E-state index >= 15 is 0 Å². The maximum atomic E-state index is 12.6. The molecule has 1 atom stereocenters. The molecule has 1 fully saturated rings. The second kappa shape index (κ2) is 7.16. The zero-order valence-corrected chi connectivity index (χ0v) is 13.9. The predicted octanol–water partition coefficient (Wildman–Crippen LogP) is 3.19. The number of para-hydroxylation sites is 1. The van der Waals surface area contributed by atoms with Crippen LogP contribution in [-0.2, 0) is 16.0 Å². The molecule has 1 aromatic carbocycles. The van der Waals surface area contributed by atoms with E-state index in [9.17, 15) is 9.59 Å². The fourth-order valence-electron chi connectivity index (χ4n) is 3.87. The minimum absolute atomic E-state index is 0.0465. The summed E-state index contributed by atoms with van der Waals surface area (Å²) in [6, 6.07) is 8.36. The molecule has 1 saturated carbocycles. The zero-order valence-electron chi connectivity index (χ0n) is 13.9. The second-order valence-corrected chi connectivity index (χ2v) is 6.88. The molecule has 1 unspecified atom stereocenters. The topological polar surface area (TPSA) is 49.4 Å². The molecule has 0 bridgehead atoms. The fourth-order valence-corrected chi connectivity index (χ4v) is 3.87. The van der Waals surface area contributed by atoms with Crippen LogP contribution >= 0.6 is 0 Å². The Morgan fingerprint density at radius 2 is 1.83 bits per heavy atom. The predicted molar refractivity (Wildman–Crippen MR) is 91.3 cm³/mol. The number of carbonyl (C=O) groups is 2. The summed E-state index contributed by atoms with van der Waals surface area (Å²) in [5, 5.41) is 3.07. The summed E-state index contributed by atoms with van der Waals surface area (Å²) in [7, 11) is 0. The Hall–Kier alpha value is -1.84. The Morgan fingerprint density at radius 3 is 2.57 bits per heavy atom. The molecule has 3 rings (SSSR count). The summed E-state index contributed by atoms with van der Waals surface area (Å²) < 4.78 is 0. The number of hydrogen-bond donors (Lipinski definition) is 1. The zero-order chi connectivity index (χ0) is 16.2. The van der Waals surface area contributed by atoms with Crippen LogP contribution in [0, 0.1) is 0 Å². The van der Waals surface area contributed by atoms with E-state index in [1.54, 1.807) is 4.90 Å². The summed E-state index contributed by atoms with van der Waals surface area (Å²) in [4.78, 5) is 26.6. The van der Waals surface area contributed by atoms with Gasteiger partial charge in [0.2, 0.25) is 11.8 Å². The summed E-state index contributed by atoms with van der Waals surface area (Å²) >= 11 is 0. The van der Waals surface area contributed by atoms with Crippen molar-refractivity contribution in [1.29, 1.82) is 0 Å². The first kappa shape index (κ1) is 16.0. The highest BCUT2D eigenvalue weighted by Gasteiger charge is 2.31. The van der Waals surface area contributed by atoms with Crippen molar-refractivity contribution in [3.05, 3.63) is 29.8 Å². The average Bonchev–Trinajstić information content (AvgIpc) is 2.67. The van der Waals surface area contributed by atoms with Gasteiger partial charge >= 0.3 is 0 Å². The minimum Gasteiger partial charge on any atom is -0.353 e. The molecule has 1 aromatic rings. The molecule has 0 spiro atoms. The van der Waals surface area contributed by atoms with E-state index in [0.717, 1.165) is 24.9 Å². The number of rotatable bonds is 3. The van der Waals surface area contributed by atoms with Crippen LogP contribution in [0.15, 0.2) is 24.3 Å². The van der Waals surface area contributed by atoms with E-state index in [2.05, 4.69) is 11.4 Å². The second-order valence-electron chi connectivity index (χ2n) is 6.88.